The number of nitrogens with one attached hydrogen (secondary N) is 2. The number of ether oxygens (including phenoxy) is 1. The van der Waals surface area contributed by atoms with E-state index in [1.54, 1.807) is 6.20 Å². The van der Waals surface area contributed by atoms with E-state index >= 15 is 0 Å². The summed E-state index contributed by atoms with van der Waals surface area (Å²) in [6.45, 7) is 6.80. The van der Waals surface area contributed by atoms with Crippen molar-refractivity contribution in [1.29, 1.82) is 0 Å². The number of imidazole rings is 1. The van der Waals surface area contributed by atoms with Crippen LogP contribution in [0.3, 0.4) is 0 Å². The lowest BCUT2D eigenvalue weighted by Crippen LogP contribution is -2.28. The van der Waals surface area contributed by atoms with Crippen molar-refractivity contribution in [1.82, 2.24) is 14.9 Å². The normalized spacial score (nSPS) is 14.2. The van der Waals surface area contributed by atoms with Crippen LogP contribution in [0.15, 0.2) is 6.20 Å². The molecule has 1 aliphatic rings. The molecule has 100 valence electrons. The Labute approximate surface area is 107 Å². The van der Waals surface area contributed by atoms with E-state index in [9.17, 15) is 4.79 Å². The molecule has 6 heteroatoms. The van der Waals surface area contributed by atoms with Crippen molar-refractivity contribution < 1.29 is 9.53 Å². The van der Waals surface area contributed by atoms with Crippen LogP contribution in [0, 0.1) is 0 Å². The van der Waals surface area contributed by atoms with Crippen molar-refractivity contribution >= 4 is 11.9 Å². The summed E-state index contributed by atoms with van der Waals surface area (Å²) < 4.78 is 7.33. The van der Waals surface area contributed by atoms with Gasteiger partial charge in [0.15, 0.2) is 0 Å². The predicted molar refractivity (Wildman–Crippen MR) is 68.8 cm³/mol. The first-order valence-corrected chi connectivity index (χ1v) is 6.37. The van der Waals surface area contributed by atoms with E-state index in [-0.39, 0.29) is 12.0 Å². The Morgan fingerprint density at radius 2 is 2.50 bits per heavy atom. The number of amides is 1. The average Bonchev–Trinajstić information content (AvgIpc) is 2.78. The van der Waals surface area contributed by atoms with E-state index in [1.807, 2.05) is 18.4 Å². The van der Waals surface area contributed by atoms with Gasteiger partial charge in [0.2, 0.25) is 5.95 Å². The molecule has 18 heavy (non-hydrogen) atoms. The molecule has 2 rings (SSSR count). The summed E-state index contributed by atoms with van der Waals surface area (Å²) in [6.07, 6.45) is 3.04. The average molecular weight is 252 g/mol. The zero-order chi connectivity index (χ0) is 13.0. The maximum Gasteiger partial charge on any atom is 0.271 e. The van der Waals surface area contributed by atoms with Crippen LogP contribution < -0.4 is 10.6 Å². The summed E-state index contributed by atoms with van der Waals surface area (Å²) in [7, 11) is 0. The van der Waals surface area contributed by atoms with Crippen LogP contribution in [0.25, 0.3) is 0 Å². The smallest absolute Gasteiger partial charge is 0.271 e. The monoisotopic (exact) mass is 252 g/mol. The number of hydrogen-bond acceptors (Lipinski definition) is 4. The third kappa shape index (κ3) is 3.22. The van der Waals surface area contributed by atoms with Gasteiger partial charge in [-0.1, -0.05) is 0 Å². The molecule has 0 aromatic carbocycles. The van der Waals surface area contributed by atoms with Crippen LogP contribution in [0.1, 0.15) is 30.8 Å². The molecule has 6 nitrogen and oxygen atoms in total. The zero-order valence-electron chi connectivity index (χ0n) is 10.9. The summed E-state index contributed by atoms with van der Waals surface area (Å²) in [5.74, 6) is 0.635. The SMILES string of the molecule is CC(C)OCCNC(=O)c1cn2c(n1)NCCC2. The summed E-state index contributed by atoms with van der Waals surface area (Å²) in [6, 6.07) is 0. The molecular weight excluding hydrogens is 232 g/mol. The molecule has 0 aliphatic carbocycles. The van der Waals surface area contributed by atoms with Crippen LogP contribution in [0.5, 0.6) is 0 Å². The number of anilines is 1. The third-order valence-corrected chi connectivity index (χ3v) is 2.71. The van der Waals surface area contributed by atoms with Gasteiger partial charge in [-0.2, -0.15) is 0 Å². The Morgan fingerprint density at radius 3 is 3.22 bits per heavy atom. The third-order valence-electron chi connectivity index (χ3n) is 2.71. The first kappa shape index (κ1) is 12.9. The van der Waals surface area contributed by atoms with Gasteiger partial charge in [0.1, 0.15) is 5.69 Å². The maximum atomic E-state index is 11.8. The molecule has 0 spiro atoms. The van der Waals surface area contributed by atoms with E-state index in [0.29, 0.717) is 18.8 Å². The highest BCUT2D eigenvalue weighted by atomic mass is 16.5. The Kier molecular flexibility index (Phi) is 4.19. The number of aryl methyl sites for hydroxylation is 1. The summed E-state index contributed by atoms with van der Waals surface area (Å²) in [5, 5.41) is 5.96. The lowest BCUT2D eigenvalue weighted by molar-refractivity contribution is 0.0745. The molecule has 0 atom stereocenters. The van der Waals surface area contributed by atoms with Crippen molar-refractivity contribution in [2.75, 3.05) is 25.0 Å². The molecule has 0 saturated heterocycles. The fraction of sp³-hybridized carbons (Fsp3) is 0.667. The molecule has 2 N–H and O–H groups in total. The number of carbonyl (C=O) groups excluding carboxylic acids is 1. The first-order valence-electron chi connectivity index (χ1n) is 6.37. The highest BCUT2D eigenvalue weighted by Crippen LogP contribution is 2.13. The fourth-order valence-electron chi connectivity index (χ4n) is 1.84. The minimum atomic E-state index is -0.147. The van der Waals surface area contributed by atoms with Gasteiger partial charge in [0.25, 0.3) is 5.91 Å². The second-order valence-corrected chi connectivity index (χ2v) is 4.60. The van der Waals surface area contributed by atoms with Gasteiger partial charge >= 0.3 is 0 Å². The van der Waals surface area contributed by atoms with Crippen LogP contribution >= 0.6 is 0 Å². The lowest BCUT2D eigenvalue weighted by Gasteiger charge is -2.14. The molecule has 0 unspecified atom stereocenters. The van der Waals surface area contributed by atoms with Crippen LogP contribution in [-0.4, -0.2) is 41.3 Å². The minimum Gasteiger partial charge on any atom is -0.377 e. The largest absolute Gasteiger partial charge is 0.377 e. The van der Waals surface area contributed by atoms with Crippen molar-refractivity contribution in [2.45, 2.75) is 32.9 Å². The van der Waals surface area contributed by atoms with Crippen molar-refractivity contribution in [3.05, 3.63) is 11.9 Å². The van der Waals surface area contributed by atoms with Crippen molar-refractivity contribution in [3.63, 3.8) is 0 Å². The number of aromatic nitrogens is 2. The van der Waals surface area contributed by atoms with E-state index in [1.165, 1.54) is 0 Å². The minimum absolute atomic E-state index is 0.147. The van der Waals surface area contributed by atoms with Gasteiger partial charge in [-0.05, 0) is 20.3 Å². The van der Waals surface area contributed by atoms with Gasteiger partial charge < -0.3 is 19.9 Å². The van der Waals surface area contributed by atoms with E-state index in [0.717, 1.165) is 25.5 Å². The molecule has 0 fully saturated rings. The highest BCUT2D eigenvalue weighted by molar-refractivity contribution is 5.92. The Balaban J connectivity index is 1.83. The summed E-state index contributed by atoms with van der Waals surface area (Å²) in [5.41, 5.74) is 0.462. The number of nitrogens with zero attached hydrogens (tertiary/aromatic N) is 2. The quantitative estimate of drug-likeness (QED) is 0.762. The van der Waals surface area contributed by atoms with E-state index in [4.69, 9.17) is 4.74 Å². The molecule has 0 saturated carbocycles. The maximum absolute atomic E-state index is 11.8. The van der Waals surface area contributed by atoms with Crippen LogP contribution in [0.4, 0.5) is 5.95 Å². The molecule has 0 radical (unpaired) electrons. The van der Waals surface area contributed by atoms with Crippen LogP contribution in [0.2, 0.25) is 0 Å². The lowest BCUT2D eigenvalue weighted by atomic mass is 10.4. The van der Waals surface area contributed by atoms with Crippen molar-refractivity contribution in [3.8, 4) is 0 Å². The second-order valence-electron chi connectivity index (χ2n) is 4.60. The summed E-state index contributed by atoms with van der Waals surface area (Å²) >= 11 is 0. The van der Waals surface area contributed by atoms with Gasteiger partial charge in [0, 0.05) is 25.8 Å². The zero-order valence-corrected chi connectivity index (χ0v) is 10.9. The van der Waals surface area contributed by atoms with Gasteiger partial charge in [-0.3, -0.25) is 4.79 Å². The number of fused-ring (bicyclic) bond motifs is 1. The molecule has 0 bridgehead atoms. The Hall–Kier alpha value is -1.56. The number of rotatable bonds is 5. The Morgan fingerprint density at radius 1 is 1.67 bits per heavy atom. The highest BCUT2D eigenvalue weighted by Gasteiger charge is 2.15. The number of hydrogen-bond donors (Lipinski definition) is 2. The summed E-state index contributed by atoms with van der Waals surface area (Å²) in [4.78, 5) is 16.1. The molecule has 2 heterocycles. The molecular formula is C12H20N4O2. The topological polar surface area (TPSA) is 68.2 Å². The predicted octanol–water partition coefficient (Wildman–Crippen LogP) is 0.853. The standard InChI is InChI=1S/C12H20N4O2/c1-9(2)18-7-5-13-11(17)10-8-16-6-3-4-14-12(16)15-10/h8-9H,3-7H2,1-2H3,(H,13,17)(H,14,15). The first-order chi connectivity index (χ1) is 8.66. The molecule has 1 amide bonds. The van der Waals surface area contributed by atoms with Crippen molar-refractivity contribution in [2.24, 2.45) is 0 Å². The van der Waals surface area contributed by atoms with Gasteiger partial charge in [0.05, 0.1) is 12.7 Å². The van der Waals surface area contributed by atoms with Gasteiger partial charge in [-0.25, -0.2) is 4.98 Å². The van der Waals surface area contributed by atoms with Crippen LogP contribution in [-0.2, 0) is 11.3 Å². The van der Waals surface area contributed by atoms with Gasteiger partial charge in [-0.15, -0.1) is 0 Å². The number of carbonyl (C=O) groups is 1. The molecule has 1 aromatic rings. The molecule has 1 aliphatic heterocycles. The van der Waals surface area contributed by atoms with E-state index in [2.05, 4.69) is 15.6 Å². The molecule has 1 aromatic heterocycles. The fourth-order valence-corrected chi connectivity index (χ4v) is 1.84. The van der Waals surface area contributed by atoms with E-state index < -0.39 is 0 Å². The Bertz CT molecular complexity index is 391. The second kappa shape index (κ2) is 5.86.